The van der Waals surface area contributed by atoms with Gasteiger partial charge in [-0.2, -0.15) is 0 Å². The molecule has 3 rings (SSSR count). The summed E-state index contributed by atoms with van der Waals surface area (Å²) in [6.45, 7) is 0. The van der Waals surface area contributed by atoms with Gasteiger partial charge < -0.3 is 10.1 Å². The molecule has 0 fully saturated rings. The van der Waals surface area contributed by atoms with E-state index in [1.54, 1.807) is 25.4 Å². The average molecular weight is 304 g/mol. The first-order valence-corrected chi connectivity index (χ1v) is 7.24. The molecule has 0 aliphatic heterocycles. The summed E-state index contributed by atoms with van der Waals surface area (Å²) in [4.78, 5) is 17.0. The molecule has 4 nitrogen and oxygen atoms in total. The van der Waals surface area contributed by atoms with Crippen molar-refractivity contribution >= 4 is 11.6 Å². The molecule has 0 saturated heterocycles. The van der Waals surface area contributed by atoms with Crippen LogP contribution in [0.15, 0.2) is 72.9 Å². The molecule has 0 saturated carbocycles. The van der Waals surface area contributed by atoms with Gasteiger partial charge in [-0.15, -0.1) is 0 Å². The number of aromatic nitrogens is 1. The molecule has 1 amide bonds. The molecule has 23 heavy (non-hydrogen) atoms. The molecule has 0 unspecified atom stereocenters. The van der Waals surface area contributed by atoms with Crippen LogP contribution in [0.3, 0.4) is 0 Å². The summed E-state index contributed by atoms with van der Waals surface area (Å²) in [5, 5.41) is 2.90. The maximum atomic E-state index is 12.6. The largest absolute Gasteiger partial charge is 0.497 e. The van der Waals surface area contributed by atoms with Crippen LogP contribution in [-0.4, -0.2) is 18.0 Å². The number of carbonyl (C=O) groups is 1. The van der Waals surface area contributed by atoms with Crippen LogP contribution in [0, 0.1) is 0 Å². The maximum Gasteiger partial charge on any atom is 0.256 e. The number of amides is 1. The molecule has 2 aromatic carbocycles. The highest BCUT2D eigenvalue weighted by atomic mass is 16.5. The van der Waals surface area contributed by atoms with Crippen molar-refractivity contribution in [2.45, 2.75) is 0 Å². The van der Waals surface area contributed by atoms with Gasteiger partial charge >= 0.3 is 0 Å². The monoisotopic (exact) mass is 304 g/mol. The minimum absolute atomic E-state index is 0.181. The van der Waals surface area contributed by atoms with Crippen LogP contribution in [0.4, 0.5) is 5.69 Å². The molecule has 0 aliphatic carbocycles. The fourth-order valence-corrected chi connectivity index (χ4v) is 2.33. The van der Waals surface area contributed by atoms with Crippen molar-refractivity contribution in [2.24, 2.45) is 0 Å². The zero-order valence-corrected chi connectivity index (χ0v) is 12.7. The predicted molar refractivity (Wildman–Crippen MR) is 90.6 cm³/mol. The van der Waals surface area contributed by atoms with E-state index < -0.39 is 0 Å². The van der Waals surface area contributed by atoms with Crippen molar-refractivity contribution in [3.8, 4) is 17.0 Å². The van der Waals surface area contributed by atoms with Gasteiger partial charge in [0, 0.05) is 29.1 Å². The zero-order chi connectivity index (χ0) is 16.1. The zero-order valence-electron chi connectivity index (χ0n) is 12.7. The first kappa shape index (κ1) is 14.8. The number of anilines is 1. The van der Waals surface area contributed by atoms with Crippen LogP contribution in [-0.2, 0) is 0 Å². The van der Waals surface area contributed by atoms with E-state index in [4.69, 9.17) is 4.74 Å². The molecule has 0 atom stereocenters. The van der Waals surface area contributed by atoms with Crippen molar-refractivity contribution in [3.63, 3.8) is 0 Å². The van der Waals surface area contributed by atoms with Crippen molar-refractivity contribution in [2.75, 3.05) is 12.4 Å². The van der Waals surface area contributed by atoms with Crippen molar-refractivity contribution in [1.29, 1.82) is 0 Å². The Hall–Kier alpha value is -3.14. The lowest BCUT2D eigenvalue weighted by Gasteiger charge is -2.10. The second-order valence-corrected chi connectivity index (χ2v) is 4.95. The molecule has 0 spiro atoms. The van der Waals surface area contributed by atoms with E-state index in [1.807, 2.05) is 54.6 Å². The minimum atomic E-state index is -0.181. The second kappa shape index (κ2) is 6.75. The molecule has 0 bridgehead atoms. The highest BCUT2D eigenvalue weighted by molar-refractivity contribution is 6.08. The van der Waals surface area contributed by atoms with Crippen molar-refractivity contribution in [3.05, 3.63) is 78.5 Å². The summed E-state index contributed by atoms with van der Waals surface area (Å²) in [5.74, 6) is 0.514. The second-order valence-electron chi connectivity index (χ2n) is 4.95. The lowest BCUT2D eigenvalue weighted by atomic mass is 10.0. The third-order valence-electron chi connectivity index (χ3n) is 3.44. The van der Waals surface area contributed by atoms with Gasteiger partial charge in [-0.3, -0.25) is 9.78 Å². The Labute approximate surface area is 134 Å². The van der Waals surface area contributed by atoms with Gasteiger partial charge in [-0.05, 0) is 30.3 Å². The number of methoxy groups -OCH3 is 1. The number of rotatable bonds is 4. The summed E-state index contributed by atoms with van der Waals surface area (Å²) in [6, 6.07) is 20.3. The van der Waals surface area contributed by atoms with Gasteiger partial charge in [0.25, 0.3) is 5.91 Å². The van der Waals surface area contributed by atoms with E-state index in [-0.39, 0.29) is 5.91 Å². The Morgan fingerprint density at radius 2 is 1.83 bits per heavy atom. The number of carbonyl (C=O) groups excluding carboxylic acids is 1. The molecule has 3 aromatic rings. The van der Waals surface area contributed by atoms with E-state index in [1.165, 1.54) is 0 Å². The van der Waals surface area contributed by atoms with Gasteiger partial charge in [0.05, 0.1) is 12.8 Å². The minimum Gasteiger partial charge on any atom is -0.497 e. The molecule has 1 aromatic heterocycles. The SMILES string of the molecule is COc1cccc(NC(=O)c2ccccc2-c2ccccn2)c1. The van der Waals surface area contributed by atoms with Gasteiger partial charge in [0.2, 0.25) is 0 Å². The molecule has 0 aliphatic rings. The summed E-state index contributed by atoms with van der Waals surface area (Å²) in [6.07, 6.45) is 1.71. The lowest BCUT2D eigenvalue weighted by Crippen LogP contribution is -2.13. The third-order valence-corrected chi connectivity index (χ3v) is 3.44. The fraction of sp³-hybridized carbons (Fsp3) is 0.0526. The van der Waals surface area contributed by atoms with Gasteiger partial charge in [0.15, 0.2) is 0 Å². The third kappa shape index (κ3) is 3.37. The Balaban J connectivity index is 1.91. The topological polar surface area (TPSA) is 51.2 Å². The summed E-state index contributed by atoms with van der Waals surface area (Å²) < 4.78 is 5.17. The highest BCUT2D eigenvalue weighted by Crippen LogP contribution is 2.23. The summed E-state index contributed by atoms with van der Waals surface area (Å²) >= 11 is 0. The van der Waals surface area contributed by atoms with Crippen LogP contribution in [0.25, 0.3) is 11.3 Å². The maximum absolute atomic E-state index is 12.6. The van der Waals surface area contributed by atoms with Gasteiger partial charge in [0.1, 0.15) is 5.75 Å². The molecule has 1 heterocycles. The quantitative estimate of drug-likeness (QED) is 0.792. The van der Waals surface area contributed by atoms with E-state index in [9.17, 15) is 4.79 Å². The molecule has 1 N–H and O–H groups in total. The number of hydrogen-bond acceptors (Lipinski definition) is 3. The normalized spacial score (nSPS) is 10.1. The Morgan fingerprint density at radius 1 is 1.00 bits per heavy atom. The Morgan fingerprint density at radius 3 is 2.61 bits per heavy atom. The highest BCUT2D eigenvalue weighted by Gasteiger charge is 2.13. The lowest BCUT2D eigenvalue weighted by molar-refractivity contribution is 0.102. The van der Waals surface area contributed by atoms with E-state index in [2.05, 4.69) is 10.3 Å². The average Bonchev–Trinajstić information content (AvgIpc) is 2.62. The molecule has 0 radical (unpaired) electrons. The van der Waals surface area contributed by atoms with Crippen LogP contribution in [0.5, 0.6) is 5.75 Å². The summed E-state index contributed by atoms with van der Waals surface area (Å²) in [5.41, 5.74) is 2.83. The molecule has 4 heteroatoms. The van der Waals surface area contributed by atoms with Crippen molar-refractivity contribution in [1.82, 2.24) is 4.98 Å². The first-order valence-electron chi connectivity index (χ1n) is 7.24. The molecular weight excluding hydrogens is 288 g/mol. The number of nitrogens with one attached hydrogen (secondary N) is 1. The van der Waals surface area contributed by atoms with Crippen LogP contribution in [0.1, 0.15) is 10.4 Å². The van der Waals surface area contributed by atoms with Crippen LogP contribution >= 0.6 is 0 Å². The number of ether oxygens (including phenoxy) is 1. The van der Waals surface area contributed by atoms with Crippen LogP contribution in [0.2, 0.25) is 0 Å². The predicted octanol–water partition coefficient (Wildman–Crippen LogP) is 4.01. The smallest absolute Gasteiger partial charge is 0.256 e. The van der Waals surface area contributed by atoms with Gasteiger partial charge in [-0.25, -0.2) is 0 Å². The number of hydrogen-bond donors (Lipinski definition) is 1. The molecular formula is C19H16N2O2. The standard InChI is InChI=1S/C19H16N2O2/c1-23-15-8-6-7-14(13-15)21-19(22)17-10-3-2-9-16(17)18-11-4-5-12-20-18/h2-13H,1H3,(H,21,22). The first-order chi connectivity index (χ1) is 11.3. The van der Waals surface area contributed by atoms with E-state index in [0.29, 0.717) is 17.0 Å². The van der Waals surface area contributed by atoms with E-state index in [0.717, 1.165) is 11.3 Å². The van der Waals surface area contributed by atoms with Crippen LogP contribution < -0.4 is 10.1 Å². The Kier molecular flexibility index (Phi) is 4.34. The fourth-order valence-electron chi connectivity index (χ4n) is 2.33. The van der Waals surface area contributed by atoms with Gasteiger partial charge in [-0.1, -0.05) is 30.3 Å². The van der Waals surface area contributed by atoms with Crippen molar-refractivity contribution < 1.29 is 9.53 Å². The molecule has 114 valence electrons. The van der Waals surface area contributed by atoms with E-state index >= 15 is 0 Å². The number of pyridine rings is 1. The number of nitrogens with zero attached hydrogens (tertiary/aromatic N) is 1. The Bertz CT molecular complexity index is 816. The summed E-state index contributed by atoms with van der Waals surface area (Å²) in [7, 11) is 1.59. The number of benzene rings is 2.